The predicted octanol–water partition coefficient (Wildman–Crippen LogP) is 3.03. The molecule has 3 N–H and O–H groups in total. The van der Waals surface area contributed by atoms with E-state index in [9.17, 15) is 0 Å². The molecule has 0 bridgehead atoms. The normalized spacial score (nSPS) is 14.2. The van der Waals surface area contributed by atoms with Crippen molar-refractivity contribution in [2.24, 2.45) is 11.8 Å². The second-order valence-electron chi connectivity index (χ2n) is 5.07. The largest absolute Gasteiger partial charge is 0.494 e. The zero-order valence-electron chi connectivity index (χ0n) is 11.8. The Balaban J connectivity index is 2.31. The van der Waals surface area contributed by atoms with Gasteiger partial charge in [0, 0.05) is 6.04 Å². The van der Waals surface area contributed by atoms with Crippen LogP contribution in [-0.4, -0.2) is 12.6 Å². The maximum Gasteiger partial charge on any atom is 0.119 e. The Morgan fingerprint density at radius 1 is 1.39 bits per heavy atom. The fourth-order valence-electron chi connectivity index (χ4n) is 1.95. The molecule has 18 heavy (non-hydrogen) atoms. The first-order chi connectivity index (χ1) is 8.65. The number of aryl methyl sites for hydroxylation is 1. The van der Waals surface area contributed by atoms with Crippen molar-refractivity contribution in [2.45, 2.75) is 46.1 Å². The number of nitrogens with two attached hydrogens (primary N) is 1. The standard InChI is InChI=1S/C15H26N2O/c1-4-12(2)10-14(17-16)8-9-18-15-7-5-6-13(3)11-15/h5-7,11-12,14,17H,4,8-10,16H2,1-3H3. The van der Waals surface area contributed by atoms with E-state index < -0.39 is 0 Å². The third-order valence-corrected chi connectivity index (χ3v) is 3.34. The lowest BCUT2D eigenvalue weighted by atomic mass is 9.98. The quantitative estimate of drug-likeness (QED) is 0.550. The molecule has 3 heteroatoms. The van der Waals surface area contributed by atoms with Crippen LogP contribution >= 0.6 is 0 Å². The molecule has 0 aromatic heterocycles. The third-order valence-electron chi connectivity index (χ3n) is 3.34. The molecule has 2 unspecified atom stereocenters. The van der Waals surface area contributed by atoms with E-state index in [1.807, 2.05) is 12.1 Å². The lowest BCUT2D eigenvalue weighted by Crippen LogP contribution is -2.37. The van der Waals surface area contributed by atoms with E-state index in [-0.39, 0.29) is 0 Å². The van der Waals surface area contributed by atoms with Crippen molar-refractivity contribution in [2.75, 3.05) is 6.61 Å². The van der Waals surface area contributed by atoms with Gasteiger partial charge in [0.25, 0.3) is 0 Å². The molecule has 3 nitrogen and oxygen atoms in total. The molecule has 0 amide bonds. The van der Waals surface area contributed by atoms with E-state index in [0.29, 0.717) is 18.6 Å². The Bertz CT molecular complexity index is 341. The van der Waals surface area contributed by atoms with Crippen LogP contribution in [0.25, 0.3) is 0 Å². The van der Waals surface area contributed by atoms with E-state index >= 15 is 0 Å². The average molecular weight is 250 g/mol. The summed E-state index contributed by atoms with van der Waals surface area (Å²) in [6.45, 7) is 7.24. The van der Waals surface area contributed by atoms with Gasteiger partial charge in [-0.25, -0.2) is 0 Å². The second kappa shape index (κ2) is 8.11. The van der Waals surface area contributed by atoms with Crippen molar-refractivity contribution in [3.63, 3.8) is 0 Å². The minimum absolute atomic E-state index is 0.338. The minimum Gasteiger partial charge on any atom is -0.494 e. The summed E-state index contributed by atoms with van der Waals surface area (Å²) in [4.78, 5) is 0. The second-order valence-corrected chi connectivity index (χ2v) is 5.07. The van der Waals surface area contributed by atoms with Crippen LogP contribution in [0, 0.1) is 12.8 Å². The van der Waals surface area contributed by atoms with Gasteiger partial charge in [-0.2, -0.15) is 0 Å². The van der Waals surface area contributed by atoms with Crippen LogP contribution in [0.3, 0.4) is 0 Å². The Morgan fingerprint density at radius 3 is 2.78 bits per heavy atom. The van der Waals surface area contributed by atoms with E-state index in [2.05, 4.69) is 38.3 Å². The summed E-state index contributed by atoms with van der Waals surface area (Å²) in [6, 6.07) is 8.47. The first-order valence-corrected chi connectivity index (χ1v) is 6.81. The smallest absolute Gasteiger partial charge is 0.119 e. The number of hydrazine groups is 1. The van der Waals surface area contributed by atoms with E-state index in [1.54, 1.807) is 0 Å². The lowest BCUT2D eigenvalue weighted by molar-refractivity contribution is 0.269. The molecule has 0 aliphatic heterocycles. The highest BCUT2D eigenvalue weighted by Gasteiger charge is 2.10. The third kappa shape index (κ3) is 5.52. The van der Waals surface area contributed by atoms with Crippen LogP contribution in [0.1, 0.15) is 38.7 Å². The summed E-state index contributed by atoms with van der Waals surface area (Å²) in [5.74, 6) is 7.21. The highest BCUT2D eigenvalue weighted by atomic mass is 16.5. The molecule has 0 radical (unpaired) electrons. The molecule has 1 rings (SSSR count). The van der Waals surface area contributed by atoms with Crippen LogP contribution in [0.4, 0.5) is 0 Å². The lowest BCUT2D eigenvalue weighted by Gasteiger charge is -2.19. The Labute approximate surface area is 111 Å². The first-order valence-electron chi connectivity index (χ1n) is 6.81. The van der Waals surface area contributed by atoms with Crippen LogP contribution in [0.15, 0.2) is 24.3 Å². The van der Waals surface area contributed by atoms with Gasteiger partial charge in [0.15, 0.2) is 0 Å². The summed E-state index contributed by atoms with van der Waals surface area (Å²) < 4.78 is 5.74. The van der Waals surface area contributed by atoms with Crippen molar-refractivity contribution in [3.8, 4) is 5.75 Å². The Morgan fingerprint density at radius 2 is 2.17 bits per heavy atom. The molecule has 1 aromatic rings. The van der Waals surface area contributed by atoms with E-state index in [0.717, 1.165) is 18.6 Å². The molecule has 102 valence electrons. The summed E-state index contributed by atoms with van der Waals surface area (Å²) >= 11 is 0. The highest BCUT2D eigenvalue weighted by Crippen LogP contribution is 2.15. The molecular formula is C15H26N2O. The first kappa shape index (κ1) is 15.0. The summed E-state index contributed by atoms with van der Waals surface area (Å²) in [6.07, 6.45) is 3.23. The minimum atomic E-state index is 0.338. The van der Waals surface area contributed by atoms with Gasteiger partial charge in [-0.3, -0.25) is 11.3 Å². The number of rotatable bonds is 8. The van der Waals surface area contributed by atoms with Crippen molar-refractivity contribution in [3.05, 3.63) is 29.8 Å². The number of benzene rings is 1. The zero-order chi connectivity index (χ0) is 13.4. The summed E-state index contributed by atoms with van der Waals surface area (Å²) in [7, 11) is 0. The van der Waals surface area contributed by atoms with Gasteiger partial charge in [-0.1, -0.05) is 32.4 Å². The number of hydrogen-bond donors (Lipinski definition) is 2. The molecule has 0 heterocycles. The molecule has 0 fully saturated rings. The SMILES string of the molecule is CCC(C)CC(CCOc1cccc(C)c1)NN. The maximum atomic E-state index is 5.74. The Hall–Kier alpha value is -1.06. The van der Waals surface area contributed by atoms with Gasteiger partial charge in [-0.05, 0) is 43.4 Å². The molecule has 0 saturated carbocycles. The topological polar surface area (TPSA) is 47.3 Å². The fraction of sp³-hybridized carbons (Fsp3) is 0.600. The van der Waals surface area contributed by atoms with Crippen molar-refractivity contribution in [1.29, 1.82) is 0 Å². The average Bonchev–Trinajstić information content (AvgIpc) is 2.37. The van der Waals surface area contributed by atoms with Gasteiger partial charge in [0.05, 0.1) is 6.61 Å². The van der Waals surface area contributed by atoms with Gasteiger partial charge in [0.1, 0.15) is 5.75 Å². The zero-order valence-corrected chi connectivity index (χ0v) is 11.8. The predicted molar refractivity (Wildman–Crippen MR) is 76.5 cm³/mol. The molecule has 0 spiro atoms. The van der Waals surface area contributed by atoms with Gasteiger partial charge in [-0.15, -0.1) is 0 Å². The van der Waals surface area contributed by atoms with Crippen LogP contribution in [0.2, 0.25) is 0 Å². The fourth-order valence-corrected chi connectivity index (χ4v) is 1.95. The monoisotopic (exact) mass is 250 g/mol. The van der Waals surface area contributed by atoms with Gasteiger partial charge in [0.2, 0.25) is 0 Å². The molecular weight excluding hydrogens is 224 g/mol. The number of ether oxygens (including phenoxy) is 1. The van der Waals surface area contributed by atoms with E-state index in [4.69, 9.17) is 10.6 Å². The van der Waals surface area contributed by atoms with Gasteiger partial charge >= 0.3 is 0 Å². The summed E-state index contributed by atoms with van der Waals surface area (Å²) in [5, 5.41) is 0. The van der Waals surface area contributed by atoms with Gasteiger partial charge < -0.3 is 4.74 Å². The van der Waals surface area contributed by atoms with Crippen LogP contribution in [-0.2, 0) is 0 Å². The van der Waals surface area contributed by atoms with Crippen molar-refractivity contribution < 1.29 is 4.74 Å². The Kier molecular flexibility index (Phi) is 6.76. The molecule has 2 atom stereocenters. The van der Waals surface area contributed by atoms with Crippen LogP contribution < -0.4 is 16.0 Å². The molecule has 1 aromatic carbocycles. The van der Waals surface area contributed by atoms with Crippen molar-refractivity contribution in [1.82, 2.24) is 5.43 Å². The highest BCUT2D eigenvalue weighted by molar-refractivity contribution is 5.27. The maximum absolute atomic E-state index is 5.74. The molecule has 0 aliphatic carbocycles. The summed E-state index contributed by atoms with van der Waals surface area (Å²) in [5.41, 5.74) is 4.11. The van der Waals surface area contributed by atoms with Crippen molar-refractivity contribution >= 4 is 0 Å². The number of nitrogens with one attached hydrogen (secondary N) is 1. The van der Waals surface area contributed by atoms with E-state index in [1.165, 1.54) is 12.0 Å². The number of hydrogen-bond acceptors (Lipinski definition) is 3. The van der Waals surface area contributed by atoms with Crippen LogP contribution in [0.5, 0.6) is 5.75 Å². The molecule has 0 aliphatic rings. The molecule has 0 saturated heterocycles.